The molecule has 4 heterocycles. The molecule has 22 heavy (non-hydrogen) atoms. The number of rotatable bonds is 1. The molecular formula is C17H15NO4. The van der Waals surface area contributed by atoms with Crippen LogP contribution in [-0.2, 0) is 20.7 Å². The molecule has 4 aliphatic rings. The Labute approximate surface area is 127 Å². The van der Waals surface area contributed by atoms with Gasteiger partial charge in [-0.15, -0.1) is 0 Å². The van der Waals surface area contributed by atoms with Gasteiger partial charge in [-0.3, -0.25) is 9.59 Å². The van der Waals surface area contributed by atoms with Crippen LogP contribution in [-0.4, -0.2) is 40.1 Å². The van der Waals surface area contributed by atoms with Crippen LogP contribution in [0.25, 0.3) is 0 Å². The van der Waals surface area contributed by atoms with Gasteiger partial charge in [-0.25, -0.2) is 0 Å². The van der Waals surface area contributed by atoms with E-state index in [1.54, 1.807) is 0 Å². The number of carbonyl (C=O) groups excluding carboxylic acids is 1. The highest BCUT2D eigenvalue weighted by Crippen LogP contribution is 2.61. The van der Waals surface area contributed by atoms with Crippen molar-refractivity contribution in [2.24, 2.45) is 11.8 Å². The summed E-state index contributed by atoms with van der Waals surface area (Å²) in [6.07, 6.45) is 4.09. The lowest BCUT2D eigenvalue weighted by Crippen LogP contribution is -2.41. The Bertz CT molecular complexity index is 742. The Hall–Kier alpha value is -2.14. The molecule has 0 radical (unpaired) electrons. The summed E-state index contributed by atoms with van der Waals surface area (Å²) in [7, 11) is 0. The number of fused-ring (bicyclic) bond motifs is 4. The van der Waals surface area contributed by atoms with E-state index in [0.29, 0.717) is 6.54 Å². The zero-order valence-corrected chi connectivity index (χ0v) is 11.8. The zero-order chi connectivity index (χ0) is 15.1. The number of carbonyl (C=O) groups is 2. The molecule has 5 heteroatoms. The van der Waals surface area contributed by atoms with Crippen LogP contribution in [0, 0.1) is 11.8 Å². The molecule has 1 aromatic carbocycles. The van der Waals surface area contributed by atoms with Gasteiger partial charge in [0, 0.05) is 6.54 Å². The van der Waals surface area contributed by atoms with Gasteiger partial charge in [0.1, 0.15) is 11.5 Å². The first-order valence-corrected chi connectivity index (χ1v) is 7.62. The van der Waals surface area contributed by atoms with E-state index in [9.17, 15) is 14.7 Å². The highest BCUT2D eigenvalue weighted by atomic mass is 16.5. The molecule has 5 nitrogen and oxygen atoms in total. The van der Waals surface area contributed by atoms with Gasteiger partial charge in [0.15, 0.2) is 0 Å². The predicted octanol–water partition coefficient (Wildman–Crippen LogP) is 1.15. The van der Waals surface area contributed by atoms with Gasteiger partial charge in [-0.2, -0.15) is 0 Å². The van der Waals surface area contributed by atoms with Gasteiger partial charge in [0.05, 0.1) is 18.1 Å². The number of aliphatic carboxylic acids is 1. The topological polar surface area (TPSA) is 66.8 Å². The molecule has 1 amide bonds. The summed E-state index contributed by atoms with van der Waals surface area (Å²) in [6.45, 7) is 0.632. The van der Waals surface area contributed by atoms with Gasteiger partial charge in [0.25, 0.3) is 0 Å². The average Bonchev–Trinajstić information content (AvgIpc) is 3.16. The van der Waals surface area contributed by atoms with E-state index in [4.69, 9.17) is 4.74 Å². The van der Waals surface area contributed by atoms with Crippen LogP contribution in [0.2, 0.25) is 0 Å². The minimum absolute atomic E-state index is 0.0706. The Morgan fingerprint density at radius 1 is 1.36 bits per heavy atom. The third-order valence-electron chi connectivity index (χ3n) is 5.63. The lowest BCUT2D eigenvalue weighted by molar-refractivity contribution is -0.148. The molecule has 112 valence electrons. The highest BCUT2D eigenvalue weighted by Gasteiger charge is 2.72. The van der Waals surface area contributed by atoms with Crippen LogP contribution in [0.1, 0.15) is 17.2 Å². The molecule has 1 aromatic rings. The van der Waals surface area contributed by atoms with Crippen molar-refractivity contribution in [1.82, 2.24) is 4.90 Å². The molecule has 0 aliphatic carbocycles. The second kappa shape index (κ2) is 3.79. The van der Waals surface area contributed by atoms with Crippen molar-refractivity contribution < 1.29 is 19.4 Å². The van der Waals surface area contributed by atoms with Crippen LogP contribution in [0.5, 0.6) is 0 Å². The summed E-state index contributed by atoms with van der Waals surface area (Å²) in [5.74, 6) is -2.38. The Kier molecular flexibility index (Phi) is 2.14. The van der Waals surface area contributed by atoms with E-state index in [0.717, 1.165) is 12.0 Å². The highest BCUT2D eigenvalue weighted by molar-refractivity contribution is 5.92. The average molecular weight is 297 g/mol. The molecular weight excluding hydrogens is 282 g/mol. The van der Waals surface area contributed by atoms with Crippen molar-refractivity contribution in [3.8, 4) is 0 Å². The number of nitrogens with zero attached hydrogens (tertiary/aromatic N) is 1. The van der Waals surface area contributed by atoms with Gasteiger partial charge < -0.3 is 14.7 Å². The fourth-order valence-electron chi connectivity index (χ4n) is 4.82. The van der Waals surface area contributed by atoms with Gasteiger partial charge in [-0.05, 0) is 17.5 Å². The molecule has 0 saturated carbocycles. The molecule has 1 N–H and O–H groups in total. The minimum Gasteiger partial charge on any atom is -0.481 e. The predicted molar refractivity (Wildman–Crippen MR) is 76.0 cm³/mol. The first kappa shape index (κ1) is 12.4. The molecule has 1 spiro atoms. The smallest absolute Gasteiger partial charge is 0.310 e. The van der Waals surface area contributed by atoms with E-state index in [-0.39, 0.29) is 11.9 Å². The van der Waals surface area contributed by atoms with Crippen molar-refractivity contribution >= 4 is 11.9 Å². The molecule has 4 aliphatic heterocycles. The number of ether oxygens (including phenoxy) is 1. The number of carboxylic acid groups (broad SMARTS) is 1. The van der Waals surface area contributed by atoms with Crippen LogP contribution >= 0.6 is 0 Å². The van der Waals surface area contributed by atoms with Gasteiger partial charge in [0.2, 0.25) is 5.91 Å². The van der Waals surface area contributed by atoms with Crippen molar-refractivity contribution in [2.45, 2.75) is 24.2 Å². The molecule has 5 rings (SSSR count). The van der Waals surface area contributed by atoms with Crippen LogP contribution in [0.3, 0.4) is 0 Å². The van der Waals surface area contributed by atoms with Gasteiger partial charge in [-0.1, -0.05) is 36.4 Å². The summed E-state index contributed by atoms with van der Waals surface area (Å²) in [4.78, 5) is 26.4. The van der Waals surface area contributed by atoms with Gasteiger partial charge >= 0.3 is 5.97 Å². The van der Waals surface area contributed by atoms with Crippen molar-refractivity contribution in [3.63, 3.8) is 0 Å². The molecule has 2 bridgehead atoms. The third-order valence-corrected chi connectivity index (χ3v) is 5.63. The van der Waals surface area contributed by atoms with Crippen molar-refractivity contribution in [3.05, 3.63) is 47.5 Å². The first-order valence-electron chi connectivity index (χ1n) is 7.62. The monoisotopic (exact) mass is 297 g/mol. The molecule has 0 aromatic heterocycles. The lowest BCUT2D eigenvalue weighted by atomic mass is 9.72. The number of benzene rings is 1. The second-order valence-electron chi connectivity index (χ2n) is 6.52. The first-order chi connectivity index (χ1) is 10.6. The van der Waals surface area contributed by atoms with E-state index in [2.05, 4.69) is 6.07 Å². The Morgan fingerprint density at radius 2 is 2.18 bits per heavy atom. The van der Waals surface area contributed by atoms with Crippen molar-refractivity contribution in [1.29, 1.82) is 0 Å². The molecule has 5 atom stereocenters. The molecule has 2 fully saturated rings. The number of amides is 1. The van der Waals surface area contributed by atoms with Crippen LogP contribution in [0.15, 0.2) is 36.4 Å². The third kappa shape index (κ3) is 1.21. The Balaban J connectivity index is 1.72. The summed E-state index contributed by atoms with van der Waals surface area (Å²) in [5, 5.41) is 9.54. The van der Waals surface area contributed by atoms with Crippen molar-refractivity contribution in [2.75, 3.05) is 6.54 Å². The SMILES string of the molecule is O=C(O)[C@H]1[C@@H]2C=C[C@]3(O2)[C@@H]2c4ccccc4CCN2C(=O)[C@@H]13. The summed E-state index contributed by atoms with van der Waals surface area (Å²) < 4.78 is 6.10. The Morgan fingerprint density at radius 3 is 3.00 bits per heavy atom. The van der Waals surface area contributed by atoms with E-state index >= 15 is 0 Å². The van der Waals surface area contributed by atoms with E-state index < -0.39 is 29.5 Å². The summed E-state index contributed by atoms with van der Waals surface area (Å²) >= 11 is 0. The lowest BCUT2D eigenvalue weighted by Gasteiger charge is -2.38. The second-order valence-corrected chi connectivity index (χ2v) is 6.52. The fraction of sp³-hybridized carbons (Fsp3) is 0.412. The normalized spacial score (nSPS) is 40.5. The number of hydrogen-bond acceptors (Lipinski definition) is 3. The van der Waals surface area contributed by atoms with Crippen LogP contribution < -0.4 is 0 Å². The zero-order valence-electron chi connectivity index (χ0n) is 11.8. The molecule has 2 saturated heterocycles. The minimum atomic E-state index is -0.942. The van der Waals surface area contributed by atoms with E-state index in [1.165, 1.54) is 5.56 Å². The standard InChI is InChI=1S/C17H15NO4/c19-15-13-12(16(20)21)11-5-7-17(13,22-11)14-10-4-2-1-3-9(10)6-8-18(14)15/h1-5,7,11-14H,6,8H2,(H,20,21)/t11-,12-,13+,14-,17+/m0/s1. The largest absolute Gasteiger partial charge is 0.481 e. The van der Waals surface area contributed by atoms with Crippen LogP contribution in [0.4, 0.5) is 0 Å². The van der Waals surface area contributed by atoms with E-state index in [1.807, 2.05) is 35.3 Å². The summed E-state index contributed by atoms with van der Waals surface area (Å²) in [5.41, 5.74) is 1.52. The maximum Gasteiger partial charge on any atom is 0.310 e. The fourth-order valence-corrected chi connectivity index (χ4v) is 4.82. The summed E-state index contributed by atoms with van der Waals surface area (Å²) in [6, 6.07) is 7.90. The maximum absolute atomic E-state index is 12.9. The molecule has 0 unspecified atom stereocenters. The number of carboxylic acids is 1. The maximum atomic E-state index is 12.9. The number of hydrogen-bond donors (Lipinski definition) is 1. The quantitative estimate of drug-likeness (QED) is 0.790.